The molecule has 7 nitrogen and oxygen atoms in total. The topological polar surface area (TPSA) is 105 Å². The molecule has 0 atom stereocenters. The van der Waals surface area contributed by atoms with Crippen molar-refractivity contribution in [2.45, 2.75) is 6.92 Å². The molecule has 1 aliphatic rings. The summed E-state index contributed by atoms with van der Waals surface area (Å²) in [7, 11) is 0. The summed E-state index contributed by atoms with van der Waals surface area (Å²) in [6.07, 6.45) is 0. The van der Waals surface area contributed by atoms with Crippen LogP contribution in [0.5, 0.6) is 0 Å². The lowest BCUT2D eigenvalue weighted by atomic mass is 10.0. The molecule has 0 saturated heterocycles. The molecule has 2 aromatic carbocycles. The summed E-state index contributed by atoms with van der Waals surface area (Å²) in [5.74, 6) is -0.416. The molecule has 0 spiro atoms. The Morgan fingerprint density at radius 3 is 2.45 bits per heavy atom. The van der Waals surface area contributed by atoms with E-state index in [1.54, 1.807) is 24.3 Å². The van der Waals surface area contributed by atoms with E-state index < -0.39 is 10.8 Å². The molecule has 0 bridgehead atoms. The Balaban J connectivity index is 2.30. The standard InChI is InChI=1S/C15H11N3O4/c1-8(19)16-13-6-12-11(7-14(13)18(21)22)9-4-2-3-5-10(9)15(12)17-20/h2-7,20H,1H3,(H,16,19)/b17-15-. The van der Waals surface area contributed by atoms with Gasteiger partial charge in [-0.3, -0.25) is 14.9 Å². The van der Waals surface area contributed by atoms with Gasteiger partial charge < -0.3 is 10.5 Å². The molecule has 0 aromatic heterocycles. The average molecular weight is 297 g/mol. The van der Waals surface area contributed by atoms with E-state index in [2.05, 4.69) is 10.5 Å². The Labute approximate surface area is 125 Å². The predicted molar refractivity (Wildman–Crippen MR) is 80.3 cm³/mol. The van der Waals surface area contributed by atoms with Crippen LogP contribution < -0.4 is 5.32 Å². The Kier molecular flexibility index (Phi) is 3.10. The Bertz CT molecular complexity index is 843. The number of nitrogens with one attached hydrogen (secondary N) is 1. The van der Waals surface area contributed by atoms with Crippen molar-refractivity contribution in [3.05, 3.63) is 57.6 Å². The largest absolute Gasteiger partial charge is 0.410 e. The van der Waals surface area contributed by atoms with Gasteiger partial charge in [-0.1, -0.05) is 29.4 Å². The molecule has 0 radical (unpaired) electrons. The summed E-state index contributed by atoms with van der Waals surface area (Å²) in [5.41, 5.74) is 2.78. The van der Waals surface area contributed by atoms with Crippen LogP contribution >= 0.6 is 0 Å². The summed E-state index contributed by atoms with van der Waals surface area (Å²) in [5, 5.41) is 26.3. The van der Waals surface area contributed by atoms with E-state index >= 15 is 0 Å². The number of nitro benzene ring substituents is 1. The van der Waals surface area contributed by atoms with Gasteiger partial charge in [0.2, 0.25) is 5.91 Å². The summed E-state index contributed by atoms with van der Waals surface area (Å²) < 4.78 is 0. The normalized spacial score (nSPS) is 13.6. The molecule has 22 heavy (non-hydrogen) atoms. The molecular formula is C15H11N3O4. The quantitative estimate of drug-likeness (QED) is 0.431. The van der Waals surface area contributed by atoms with Crippen LogP contribution in [0.3, 0.4) is 0 Å². The highest BCUT2D eigenvalue weighted by Crippen LogP contribution is 2.41. The van der Waals surface area contributed by atoms with Crippen LogP contribution in [0.1, 0.15) is 18.1 Å². The number of oxime groups is 1. The van der Waals surface area contributed by atoms with Crippen LogP contribution in [0.15, 0.2) is 41.6 Å². The number of amides is 1. The maximum atomic E-state index is 11.2. The van der Waals surface area contributed by atoms with Gasteiger partial charge in [0.25, 0.3) is 5.69 Å². The number of benzene rings is 2. The second kappa shape index (κ2) is 4.96. The first-order chi connectivity index (χ1) is 10.5. The van der Waals surface area contributed by atoms with Gasteiger partial charge in [0.05, 0.1) is 4.92 Å². The van der Waals surface area contributed by atoms with E-state index in [1.807, 2.05) is 0 Å². The van der Waals surface area contributed by atoms with E-state index in [4.69, 9.17) is 0 Å². The van der Waals surface area contributed by atoms with E-state index in [1.165, 1.54) is 19.1 Å². The minimum absolute atomic E-state index is 0.0743. The van der Waals surface area contributed by atoms with Gasteiger partial charge in [0, 0.05) is 24.1 Å². The lowest BCUT2D eigenvalue weighted by Crippen LogP contribution is -2.09. The van der Waals surface area contributed by atoms with Gasteiger partial charge in [0.15, 0.2) is 0 Å². The van der Waals surface area contributed by atoms with Gasteiger partial charge in [-0.05, 0) is 17.2 Å². The van der Waals surface area contributed by atoms with Crippen molar-refractivity contribution >= 4 is 23.0 Å². The highest BCUT2D eigenvalue weighted by molar-refractivity contribution is 6.25. The molecule has 110 valence electrons. The first-order valence-corrected chi connectivity index (χ1v) is 6.45. The van der Waals surface area contributed by atoms with E-state index in [9.17, 15) is 20.1 Å². The summed E-state index contributed by atoms with van der Waals surface area (Å²) >= 11 is 0. The molecule has 2 aromatic rings. The minimum Gasteiger partial charge on any atom is -0.410 e. The predicted octanol–water partition coefficient (Wildman–Crippen LogP) is 2.76. The van der Waals surface area contributed by atoms with E-state index in [-0.39, 0.29) is 11.4 Å². The zero-order chi connectivity index (χ0) is 15.9. The third kappa shape index (κ3) is 1.99. The highest BCUT2D eigenvalue weighted by Gasteiger charge is 2.29. The zero-order valence-corrected chi connectivity index (χ0v) is 11.5. The molecule has 7 heteroatoms. The Morgan fingerprint density at radius 2 is 1.86 bits per heavy atom. The second-order valence-electron chi connectivity index (χ2n) is 4.85. The molecule has 0 aliphatic heterocycles. The third-order valence-electron chi connectivity index (χ3n) is 3.47. The van der Waals surface area contributed by atoms with Crippen LogP contribution in [-0.4, -0.2) is 21.7 Å². The molecule has 1 aliphatic carbocycles. The lowest BCUT2D eigenvalue weighted by Gasteiger charge is -2.07. The number of fused-ring (bicyclic) bond motifs is 3. The molecule has 0 heterocycles. The number of hydrogen-bond donors (Lipinski definition) is 2. The van der Waals surface area contributed by atoms with Gasteiger partial charge in [-0.25, -0.2) is 0 Å². The maximum absolute atomic E-state index is 11.2. The van der Waals surface area contributed by atoms with Crippen molar-refractivity contribution in [3.63, 3.8) is 0 Å². The first kappa shape index (κ1) is 13.7. The number of nitro groups is 1. The number of hydrogen-bond acceptors (Lipinski definition) is 5. The van der Waals surface area contributed by atoms with E-state index in [0.717, 1.165) is 5.56 Å². The average Bonchev–Trinajstić information content (AvgIpc) is 2.78. The van der Waals surface area contributed by atoms with Crippen molar-refractivity contribution < 1.29 is 14.9 Å². The fourth-order valence-electron chi connectivity index (χ4n) is 2.63. The number of anilines is 1. The smallest absolute Gasteiger partial charge is 0.293 e. The molecule has 2 N–H and O–H groups in total. The first-order valence-electron chi connectivity index (χ1n) is 6.45. The SMILES string of the molecule is CC(=O)Nc1cc2c(cc1[N+](=O)[O-])-c1ccccc1/C2=N/O. The maximum Gasteiger partial charge on any atom is 0.293 e. The molecule has 1 amide bonds. The van der Waals surface area contributed by atoms with Crippen LogP contribution in [-0.2, 0) is 4.79 Å². The van der Waals surface area contributed by atoms with Gasteiger partial charge >= 0.3 is 0 Å². The molecule has 0 saturated carbocycles. The van der Waals surface area contributed by atoms with Crippen LogP contribution in [0.25, 0.3) is 11.1 Å². The molecule has 0 unspecified atom stereocenters. The minimum atomic E-state index is -0.553. The van der Waals surface area contributed by atoms with Crippen LogP contribution in [0.4, 0.5) is 11.4 Å². The summed E-state index contributed by atoms with van der Waals surface area (Å²) in [6, 6.07) is 10.0. The monoisotopic (exact) mass is 297 g/mol. The Hall–Kier alpha value is -3.22. The van der Waals surface area contributed by atoms with Gasteiger partial charge in [0.1, 0.15) is 11.4 Å². The number of carbonyl (C=O) groups excluding carboxylic acids is 1. The second-order valence-corrected chi connectivity index (χ2v) is 4.85. The molecule has 0 fully saturated rings. The van der Waals surface area contributed by atoms with Crippen molar-refractivity contribution in [2.24, 2.45) is 5.16 Å². The van der Waals surface area contributed by atoms with Gasteiger partial charge in [-0.2, -0.15) is 0 Å². The zero-order valence-electron chi connectivity index (χ0n) is 11.5. The van der Waals surface area contributed by atoms with Crippen molar-refractivity contribution in [2.75, 3.05) is 5.32 Å². The molecular weight excluding hydrogens is 286 g/mol. The fourth-order valence-corrected chi connectivity index (χ4v) is 2.63. The van der Waals surface area contributed by atoms with E-state index in [0.29, 0.717) is 22.4 Å². The molecule has 3 rings (SSSR count). The number of nitrogens with zero attached hydrogens (tertiary/aromatic N) is 2. The lowest BCUT2D eigenvalue weighted by molar-refractivity contribution is -0.383. The number of rotatable bonds is 2. The van der Waals surface area contributed by atoms with Crippen molar-refractivity contribution in [3.8, 4) is 11.1 Å². The third-order valence-corrected chi connectivity index (χ3v) is 3.47. The van der Waals surface area contributed by atoms with Crippen molar-refractivity contribution in [1.82, 2.24) is 0 Å². The van der Waals surface area contributed by atoms with Crippen molar-refractivity contribution in [1.29, 1.82) is 0 Å². The van der Waals surface area contributed by atoms with Crippen LogP contribution in [0.2, 0.25) is 0 Å². The van der Waals surface area contributed by atoms with Gasteiger partial charge in [-0.15, -0.1) is 0 Å². The highest BCUT2D eigenvalue weighted by atomic mass is 16.6. The number of carbonyl (C=O) groups is 1. The van der Waals surface area contributed by atoms with Crippen LogP contribution in [0, 0.1) is 10.1 Å². The fraction of sp³-hybridized carbons (Fsp3) is 0.0667. The Morgan fingerprint density at radius 1 is 1.18 bits per heavy atom. The summed E-state index contributed by atoms with van der Waals surface area (Å²) in [6.45, 7) is 1.27. The summed E-state index contributed by atoms with van der Waals surface area (Å²) in [4.78, 5) is 21.9.